The summed E-state index contributed by atoms with van der Waals surface area (Å²) in [5.41, 5.74) is 2.61. The second-order valence-electron chi connectivity index (χ2n) is 5.75. The van der Waals surface area contributed by atoms with Crippen molar-refractivity contribution in [1.29, 1.82) is 0 Å². The number of aliphatic hydroxyl groups excluding tert-OH is 1. The van der Waals surface area contributed by atoms with E-state index >= 15 is 0 Å². The Balaban J connectivity index is 2.27. The largest absolute Gasteiger partial charge is 0.396 e. The summed E-state index contributed by atoms with van der Waals surface area (Å²) in [6.45, 7) is 4.16. The lowest BCUT2D eigenvalue weighted by molar-refractivity contribution is 0.0917. The molecule has 2 rings (SSSR count). The molecule has 2 N–H and O–H groups in total. The molecule has 2 aromatic rings. The summed E-state index contributed by atoms with van der Waals surface area (Å²) in [4.78, 5) is 12.6. The van der Waals surface area contributed by atoms with E-state index in [-0.39, 0.29) is 24.5 Å². The molecule has 1 atom stereocenters. The number of hydrogen-bond acceptors (Lipinski definition) is 2. The minimum absolute atomic E-state index is 0.0265. The highest BCUT2D eigenvalue weighted by Gasteiger charge is 2.18. The summed E-state index contributed by atoms with van der Waals surface area (Å²) in [6.07, 6.45) is 0.566. The first kappa shape index (κ1) is 16.2. The predicted octanol–water partition coefficient (Wildman–Crippen LogP) is 3.49. The lowest BCUT2D eigenvalue weighted by Gasteiger charge is -2.22. The van der Waals surface area contributed by atoms with Crippen LogP contribution in [0.15, 0.2) is 54.6 Å². The van der Waals surface area contributed by atoms with Gasteiger partial charge in [-0.1, -0.05) is 62.4 Å². The Morgan fingerprint density at radius 2 is 1.68 bits per heavy atom. The van der Waals surface area contributed by atoms with Gasteiger partial charge in [0.25, 0.3) is 5.91 Å². The van der Waals surface area contributed by atoms with E-state index in [2.05, 4.69) is 5.32 Å². The van der Waals surface area contributed by atoms with Crippen LogP contribution >= 0.6 is 0 Å². The summed E-state index contributed by atoms with van der Waals surface area (Å²) >= 11 is 0. The Bertz CT molecular complexity index is 608. The topological polar surface area (TPSA) is 49.3 Å². The molecule has 0 saturated heterocycles. The van der Waals surface area contributed by atoms with Crippen molar-refractivity contribution in [2.75, 3.05) is 6.61 Å². The molecule has 1 amide bonds. The van der Waals surface area contributed by atoms with Gasteiger partial charge in [-0.15, -0.1) is 0 Å². The molecule has 0 heterocycles. The zero-order chi connectivity index (χ0) is 15.9. The van der Waals surface area contributed by atoms with Gasteiger partial charge in [0.05, 0.1) is 0 Å². The van der Waals surface area contributed by atoms with Crippen LogP contribution in [0.5, 0.6) is 0 Å². The summed E-state index contributed by atoms with van der Waals surface area (Å²) in [5, 5.41) is 12.2. The molecule has 0 fully saturated rings. The second kappa shape index (κ2) is 7.76. The summed E-state index contributed by atoms with van der Waals surface area (Å²) in [5.74, 6) is 0.187. The highest BCUT2D eigenvalue weighted by molar-refractivity contribution is 6.01. The molecular formula is C19H23NO2. The molecule has 0 saturated carbocycles. The number of nitrogens with one attached hydrogen (secondary N) is 1. The molecule has 0 bridgehead atoms. The Labute approximate surface area is 132 Å². The zero-order valence-corrected chi connectivity index (χ0v) is 13.1. The third-order valence-electron chi connectivity index (χ3n) is 3.82. The van der Waals surface area contributed by atoms with E-state index in [1.54, 1.807) is 0 Å². The van der Waals surface area contributed by atoms with Crippen LogP contribution in [-0.4, -0.2) is 23.7 Å². The van der Waals surface area contributed by atoms with Gasteiger partial charge in [-0.05, 0) is 29.5 Å². The Morgan fingerprint density at radius 1 is 1.05 bits per heavy atom. The van der Waals surface area contributed by atoms with E-state index in [4.69, 9.17) is 5.11 Å². The molecule has 0 aliphatic heterocycles. The Hall–Kier alpha value is -2.13. The van der Waals surface area contributed by atoms with Gasteiger partial charge in [0.2, 0.25) is 0 Å². The van der Waals surface area contributed by atoms with E-state index in [0.29, 0.717) is 12.0 Å². The lowest BCUT2D eigenvalue weighted by Crippen LogP contribution is -2.39. The molecule has 3 heteroatoms. The smallest absolute Gasteiger partial charge is 0.252 e. The van der Waals surface area contributed by atoms with Gasteiger partial charge in [-0.2, -0.15) is 0 Å². The number of rotatable bonds is 6. The van der Waals surface area contributed by atoms with E-state index < -0.39 is 0 Å². The van der Waals surface area contributed by atoms with Gasteiger partial charge >= 0.3 is 0 Å². The van der Waals surface area contributed by atoms with Gasteiger partial charge < -0.3 is 10.4 Å². The third-order valence-corrected chi connectivity index (χ3v) is 3.82. The first-order valence-corrected chi connectivity index (χ1v) is 7.69. The van der Waals surface area contributed by atoms with E-state index in [9.17, 15) is 4.79 Å². The molecule has 1 unspecified atom stereocenters. The molecule has 0 aliphatic carbocycles. The van der Waals surface area contributed by atoms with E-state index in [1.165, 1.54) is 0 Å². The summed E-state index contributed by atoms with van der Waals surface area (Å²) in [6, 6.07) is 17.5. The molecule has 0 aliphatic rings. The predicted molar refractivity (Wildman–Crippen MR) is 89.7 cm³/mol. The molecule has 116 valence electrons. The molecular weight excluding hydrogens is 274 g/mol. The number of aliphatic hydroxyl groups is 1. The van der Waals surface area contributed by atoms with Crippen LogP contribution in [0.1, 0.15) is 30.6 Å². The monoisotopic (exact) mass is 297 g/mol. The van der Waals surface area contributed by atoms with Crippen LogP contribution in [-0.2, 0) is 0 Å². The van der Waals surface area contributed by atoms with Crippen molar-refractivity contribution >= 4 is 5.91 Å². The fourth-order valence-electron chi connectivity index (χ4n) is 2.51. The van der Waals surface area contributed by atoms with Crippen LogP contribution in [0, 0.1) is 5.92 Å². The summed E-state index contributed by atoms with van der Waals surface area (Å²) in [7, 11) is 0. The molecule has 0 spiro atoms. The average Bonchev–Trinajstić information content (AvgIpc) is 2.55. The van der Waals surface area contributed by atoms with Crippen molar-refractivity contribution in [1.82, 2.24) is 5.32 Å². The third kappa shape index (κ3) is 3.95. The number of amides is 1. The normalized spacial score (nSPS) is 12.2. The van der Waals surface area contributed by atoms with Crippen molar-refractivity contribution in [2.24, 2.45) is 5.92 Å². The fourth-order valence-corrected chi connectivity index (χ4v) is 2.51. The van der Waals surface area contributed by atoms with Gasteiger partial charge in [0.1, 0.15) is 0 Å². The van der Waals surface area contributed by atoms with E-state index in [0.717, 1.165) is 11.1 Å². The van der Waals surface area contributed by atoms with Crippen LogP contribution in [0.3, 0.4) is 0 Å². The number of carbonyl (C=O) groups is 1. The van der Waals surface area contributed by atoms with Crippen LogP contribution in [0.4, 0.5) is 0 Å². The zero-order valence-electron chi connectivity index (χ0n) is 13.1. The lowest BCUT2D eigenvalue weighted by atomic mass is 9.97. The van der Waals surface area contributed by atoms with Gasteiger partial charge in [0, 0.05) is 18.2 Å². The van der Waals surface area contributed by atoms with E-state index in [1.807, 2.05) is 68.4 Å². The van der Waals surface area contributed by atoms with Crippen LogP contribution in [0.2, 0.25) is 0 Å². The van der Waals surface area contributed by atoms with Gasteiger partial charge in [-0.3, -0.25) is 4.79 Å². The maximum Gasteiger partial charge on any atom is 0.252 e. The van der Waals surface area contributed by atoms with Crippen molar-refractivity contribution in [3.8, 4) is 11.1 Å². The first-order valence-electron chi connectivity index (χ1n) is 7.69. The van der Waals surface area contributed by atoms with Crippen molar-refractivity contribution < 1.29 is 9.90 Å². The van der Waals surface area contributed by atoms with Gasteiger partial charge in [0.15, 0.2) is 0 Å². The Kier molecular flexibility index (Phi) is 5.73. The molecule has 22 heavy (non-hydrogen) atoms. The molecule has 3 nitrogen and oxygen atoms in total. The quantitative estimate of drug-likeness (QED) is 0.857. The standard InChI is InChI=1S/C19H23NO2/c1-14(2)18(12-13-21)20-19(22)17-11-7-6-10-16(17)15-8-4-3-5-9-15/h3-11,14,18,21H,12-13H2,1-2H3,(H,20,22). The summed E-state index contributed by atoms with van der Waals surface area (Å²) < 4.78 is 0. The van der Waals surface area contributed by atoms with Crippen molar-refractivity contribution in [2.45, 2.75) is 26.3 Å². The Morgan fingerprint density at radius 3 is 2.32 bits per heavy atom. The number of benzene rings is 2. The first-order chi connectivity index (χ1) is 10.6. The molecule has 0 radical (unpaired) electrons. The van der Waals surface area contributed by atoms with Crippen LogP contribution < -0.4 is 5.32 Å². The van der Waals surface area contributed by atoms with Crippen molar-refractivity contribution in [3.63, 3.8) is 0 Å². The maximum absolute atomic E-state index is 12.6. The maximum atomic E-state index is 12.6. The second-order valence-corrected chi connectivity index (χ2v) is 5.75. The highest BCUT2D eigenvalue weighted by Crippen LogP contribution is 2.23. The fraction of sp³-hybridized carbons (Fsp3) is 0.316. The number of hydrogen-bond donors (Lipinski definition) is 2. The SMILES string of the molecule is CC(C)C(CCO)NC(=O)c1ccccc1-c1ccccc1. The van der Waals surface area contributed by atoms with Crippen molar-refractivity contribution in [3.05, 3.63) is 60.2 Å². The highest BCUT2D eigenvalue weighted by atomic mass is 16.3. The minimum atomic E-state index is -0.0911. The minimum Gasteiger partial charge on any atom is -0.396 e. The average molecular weight is 297 g/mol. The number of carbonyl (C=O) groups excluding carboxylic acids is 1. The van der Waals surface area contributed by atoms with Gasteiger partial charge in [-0.25, -0.2) is 0 Å². The van der Waals surface area contributed by atoms with Crippen LogP contribution in [0.25, 0.3) is 11.1 Å². The molecule has 0 aromatic heterocycles. The molecule has 2 aromatic carbocycles.